The highest BCUT2D eigenvalue weighted by molar-refractivity contribution is 5.95. The van der Waals surface area contributed by atoms with Gasteiger partial charge < -0.3 is 14.8 Å². The smallest absolute Gasteiger partial charge is 0.263 e. The molecule has 2 aliphatic rings. The minimum atomic E-state index is -0.311. The number of nitrogens with zero attached hydrogens (tertiary/aromatic N) is 2. The van der Waals surface area contributed by atoms with Crippen LogP contribution in [0.25, 0.3) is 0 Å². The summed E-state index contributed by atoms with van der Waals surface area (Å²) >= 11 is 0. The minimum absolute atomic E-state index is 0.160. The van der Waals surface area contributed by atoms with E-state index in [1.165, 1.54) is 0 Å². The van der Waals surface area contributed by atoms with Gasteiger partial charge in [0.2, 0.25) is 5.91 Å². The molecule has 2 fully saturated rings. The Morgan fingerprint density at radius 2 is 2.04 bits per heavy atom. The SMILES string of the molecule is Cc1ccn(C2CC2)c(=O)c1C(=O)NCCC1CCC(=O)N1C. The van der Waals surface area contributed by atoms with Crippen LogP contribution in [-0.2, 0) is 4.79 Å². The van der Waals surface area contributed by atoms with Crippen molar-refractivity contribution >= 4 is 11.8 Å². The largest absolute Gasteiger partial charge is 0.352 e. The fraction of sp³-hybridized carbons (Fsp3) is 0.588. The molecule has 2 heterocycles. The molecule has 1 aliphatic heterocycles. The number of carbonyl (C=O) groups excluding carboxylic acids is 2. The summed E-state index contributed by atoms with van der Waals surface area (Å²) in [5.74, 6) is -0.151. The van der Waals surface area contributed by atoms with E-state index in [2.05, 4.69) is 5.32 Å². The van der Waals surface area contributed by atoms with Crippen molar-refractivity contribution in [2.24, 2.45) is 0 Å². The third kappa shape index (κ3) is 3.16. The highest BCUT2D eigenvalue weighted by atomic mass is 16.2. The summed E-state index contributed by atoms with van der Waals surface area (Å²) in [4.78, 5) is 38.1. The molecule has 0 spiro atoms. The molecule has 1 aromatic rings. The molecule has 23 heavy (non-hydrogen) atoms. The quantitative estimate of drug-likeness (QED) is 0.888. The van der Waals surface area contributed by atoms with E-state index in [-0.39, 0.29) is 35.0 Å². The Labute approximate surface area is 135 Å². The lowest BCUT2D eigenvalue weighted by Crippen LogP contribution is -2.36. The van der Waals surface area contributed by atoms with Gasteiger partial charge in [0.05, 0.1) is 0 Å². The van der Waals surface area contributed by atoms with Crippen molar-refractivity contribution in [2.45, 2.75) is 51.1 Å². The van der Waals surface area contributed by atoms with Gasteiger partial charge in [0.25, 0.3) is 11.5 Å². The van der Waals surface area contributed by atoms with Crippen molar-refractivity contribution in [3.8, 4) is 0 Å². The van der Waals surface area contributed by atoms with E-state index in [4.69, 9.17) is 0 Å². The van der Waals surface area contributed by atoms with Gasteiger partial charge in [-0.15, -0.1) is 0 Å². The molecule has 0 aromatic carbocycles. The molecule has 1 unspecified atom stereocenters. The van der Waals surface area contributed by atoms with Crippen LogP contribution < -0.4 is 10.9 Å². The Morgan fingerprint density at radius 1 is 1.30 bits per heavy atom. The summed E-state index contributed by atoms with van der Waals surface area (Å²) in [7, 11) is 1.80. The molecule has 6 heteroatoms. The zero-order valence-corrected chi connectivity index (χ0v) is 13.7. The lowest BCUT2D eigenvalue weighted by atomic mass is 10.1. The van der Waals surface area contributed by atoms with E-state index >= 15 is 0 Å². The molecule has 0 radical (unpaired) electrons. The maximum atomic E-state index is 12.5. The molecule has 6 nitrogen and oxygen atoms in total. The van der Waals surface area contributed by atoms with Crippen molar-refractivity contribution in [1.29, 1.82) is 0 Å². The topological polar surface area (TPSA) is 71.4 Å². The van der Waals surface area contributed by atoms with Crippen LogP contribution in [0.2, 0.25) is 0 Å². The summed E-state index contributed by atoms with van der Waals surface area (Å²) in [5.41, 5.74) is 0.756. The fourth-order valence-corrected chi connectivity index (χ4v) is 3.20. The highest BCUT2D eigenvalue weighted by Gasteiger charge is 2.28. The first-order valence-corrected chi connectivity index (χ1v) is 8.24. The van der Waals surface area contributed by atoms with Gasteiger partial charge in [-0.1, -0.05) is 0 Å². The monoisotopic (exact) mass is 317 g/mol. The van der Waals surface area contributed by atoms with Crippen molar-refractivity contribution < 1.29 is 9.59 Å². The van der Waals surface area contributed by atoms with Gasteiger partial charge in [-0.2, -0.15) is 0 Å². The summed E-state index contributed by atoms with van der Waals surface area (Å²) in [6.07, 6.45) is 5.93. The van der Waals surface area contributed by atoms with E-state index in [1.54, 1.807) is 29.6 Å². The lowest BCUT2D eigenvalue weighted by Gasteiger charge is -2.19. The molecule has 124 valence electrons. The van der Waals surface area contributed by atoms with Gasteiger partial charge in [-0.25, -0.2) is 0 Å². The van der Waals surface area contributed by atoms with Crippen molar-refractivity contribution in [2.75, 3.05) is 13.6 Å². The number of carbonyl (C=O) groups is 2. The number of amides is 2. The van der Waals surface area contributed by atoms with E-state index < -0.39 is 0 Å². The first kappa shape index (κ1) is 15.8. The minimum Gasteiger partial charge on any atom is -0.352 e. The second-order valence-corrected chi connectivity index (χ2v) is 6.56. The fourth-order valence-electron chi connectivity index (χ4n) is 3.20. The zero-order valence-electron chi connectivity index (χ0n) is 13.7. The third-order valence-corrected chi connectivity index (χ3v) is 4.89. The second kappa shape index (κ2) is 6.18. The maximum absolute atomic E-state index is 12.5. The number of hydrogen-bond acceptors (Lipinski definition) is 3. The van der Waals surface area contributed by atoms with E-state index in [0.717, 1.165) is 25.7 Å². The number of hydrogen-bond donors (Lipinski definition) is 1. The van der Waals surface area contributed by atoms with E-state index in [9.17, 15) is 14.4 Å². The highest BCUT2D eigenvalue weighted by Crippen LogP contribution is 2.33. The average molecular weight is 317 g/mol. The number of rotatable bonds is 5. The molecule has 0 bridgehead atoms. The summed E-state index contributed by atoms with van der Waals surface area (Å²) in [5, 5.41) is 2.84. The van der Waals surface area contributed by atoms with Crippen LogP contribution in [0.1, 0.15) is 54.1 Å². The Morgan fingerprint density at radius 3 is 2.65 bits per heavy atom. The predicted octanol–water partition coefficient (Wildman–Crippen LogP) is 1.23. The van der Waals surface area contributed by atoms with Crippen LogP contribution >= 0.6 is 0 Å². The van der Waals surface area contributed by atoms with Gasteiger partial charge in [-0.05, 0) is 44.2 Å². The number of pyridine rings is 1. The van der Waals surface area contributed by atoms with Crippen molar-refractivity contribution in [3.05, 3.63) is 33.7 Å². The summed E-state index contributed by atoms with van der Waals surface area (Å²) in [6, 6.07) is 2.27. The predicted molar refractivity (Wildman–Crippen MR) is 86.5 cm³/mol. The first-order chi connectivity index (χ1) is 11.0. The zero-order chi connectivity index (χ0) is 16.6. The molecule has 1 saturated carbocycles. The molecule has 1 N–H and O–H groups in total. The normalized spacial score (nSPS) is 20.9. The second-order valence-electron chi connectivity index (χ2n) is 6.56. The van der Waals surface area contributed by atoms with Crippen molar-refractivity contribution in [3.63, 3.8) is 0 Å². The molecule has 1 aliphatic carbocycles. The number of nitrogens with one attached hydrogen (secondary N) is 1. The van der Waals surface area contributed by atoms with Crippen molar-refractivity contribution in [1.82, 2.24) is 14.8 Å². The number of aryl methyl sites for hydroxylation is 1. The number of likely N-dealkylation sites (tertiary alicyclic amines) is 1. The molecule has 1 saturated heterocycles. The maximum Gasteiger partial charge on any atom is 0.263 e. The molecule has 1 atom stereocenters. The molecular weight excluding hydrogens is 294 g/mol. The standard InChI is InChI=1S/C17H23N3O3/c1-11-8-10-20(13-3-4-13)17(23)15(11)16(22)18-9-7-12-5-6-14(21)19(12)2/h8,10,12-13H,3-7,9H2,1-2H3,(H,18,22). The van der Waals surface area contributed by atoms with Crippen LogP contribution in [0.3, 0.4) is 0 Å². The Balaban J connectivity index is 1.63. The van der Waals surface area contributed by atoms with E-state index in [1.807, 2.05) is 6.07 Å². The van der Waals surface area contributed by atoms with Gasteiger partial charge in [-0.3, -0.25) is 14.4 Å². The van der Waals surface area contributed by atoms with Crippen LogP contribution in [0.4, 0.5) is 0 Å². The first-order valence-electron chi connectivity index (χ1n) is 8.24. The van der Waals surface area contributed by atoms with E-state index in [0.29, 0.717) is 18.5 Å². The molecular formula is C17H23N3O3. The third-order valence-electron chi connectivity index (χ3n) is 4.89. The van der Waals surface area contributed by atoms with Gasteiger partial charge >= 0.3 is 0 Å². The van der Waals surface area contributed by atoms with Crippen LogP contribution in [0, 0.1) is 6.92 Å². The Kier molecular flexibility index (Phi) is 4.24. The van der Waals surface area contributed by atoms with Gasteiger partial charge in [0.15, 0.2) is 0 Å². The average Bonchev–Trinajstić information content (AvgIpc) is 3.29. The number of aromatic nitrogens is 1. The molecule has 2 amide bonds. The van der Waals surface area contributed by atoms with Crippen LogP contribution in [0.5, 0.6) is 0 Å². The summed E-state index contributed by atoms with van der Waals surface area (Å²) < 4.78 is 1.67. The molecule has 1 aromatic heterocycles. The Bertz CT molecular complexity index is 691. The Hall–Kier alpha value is -2.11. The van der Waals surface area contributed by atoms with Crippen LogP contribution in [-0.4, -0.2) is 40.9 Å². The lowest BCUT2D eigenvalue weighted by molar-refractivity contribution is -0.127. The summed E-state index contributed by atoms with van der Waals surface area (Å²) in [6.45, 7) is 2.26. The molecule has 3 rings (SSSR count). The van der Waals surface area contributed by atoms with Crippen LogP contribution in [0.15, 0.2) is 17.1 Å². The van der Waals surface area contributed by atoms with Gasteiger partial charge in [0.1, 0.15) is 5.56 Å². The van der Waals surface area contributed by atoms with Gasteiger partial charge in [0, 0.05) is 38.3 Å².